The fraction of sp³-hybridized carbons (Fsp3) is 0.292. The van der Waals surface area contributed by atoms with E-state index in [9.17, 15) is 14.0 Å². The Bertz CT molecular complexity index is 1180. The average Bonchev–Trinajstić information content (AvgIpc) is 2.81. The lowest BCUT2D eigenvalue weighted by molar-refractivity contribution is 0.139. The van der Waals surface area contributed by atoms with Crippen molar-refractivity contribution in [2.75, 3.05) is 23.7 Å². The summed E-state index contributed by atoms with van der Waals surface area (Å²) < 4.78 is 15.0. The minimum atomic E-state index is -0.341. The second kappa shape index (κ2) is 8.45. The Kier molecular flexibility index (Phi) is 5.34. The van der Waals surface area contributed by atoms with Crippen LogP contribution in [-0.4, -0.2) is 33.6 Å². The number of fused-ring (bicyclic) bond motifs is 4. The predicted molar refractivity (Wildman–Crippen MR) is 120 cm³/mol. The summed E-state index contributed by atoms with van der Waals surface area (Å²) in [5, 5.41) is 6.05. The number of halogens is 1. The summed E-state index contributed by atoms with van der Waals surface area (Å²) in [5.41, 5.74) is 2.93. The van der Waals surface area contributed by atoms with Crippen molar-refractivity contribution in [1.82, 2.24) is 14.5 Å². The van der Waals surface area contributed by atoms with Crippen LogP contribution in [0.15, 0.2) is 65.6 Å². The van der Waals surface area contributed by atoms with Gasteiger partial charge in [0.25, 0.3) is 5.56 Å². The maximum atomic E-state index is 13.1. The topological polar surface area (TPSA) is 79.3 Å². The first kappa shape index (κ1) is 20.2. The summed E-state index contributed by atoms with van der Waals surface area (Å²) in [7, 11) is 0. The van der Waals surface area contributed by atoms with Crippen LogP contribution >= 0.6 is 0 Å². The molecule has 2 amide bonds. The molecule has 2 N–H and O–H groups in total. The van der Waals surface area contributed by atoms with E-state index in [2.05, 4.69) is 15.6 Å². The lowest BCUT2D eigenvalue weighted by atomic mass is 9.83. The van der Waals surface area contributed by atoms with Crippen LogP contribution in [0.3, 0.4) is 0 Å². The minimum absolute atomic E-state index is 0.0302. The smallest absolute Gasteiger partial charge is 0.321 e. The predicted octanol–water partition coefficient (Wildman–Crippen LogP) is 3.65. The molecule has 0 spiro atoms. The van der Waals surface area contributed by atoms with Crippen LogP contribution in [0.25, 0.3) is 0 Å². The molecule has 2 aromatic heterocycles. The summed E-state index contributed by atoms with van der Waals surface area (Å²) in [6, 6.07) is 15.1. The van der Waals surface area contributed by atoms with Crippen LogP contribution < -0.4 is 16.2 Å². The number of carbonyl (C=O) groups excluding carboxylic acids is 1. The van der Waals surface area contributed by atoms with E-state index in [1.54, 1.807) is 23.2 Å². The normalized spacial score (nSPS) is 19.2. The van der Waals surface area contributed by atoms with E-state index >= 15 is 0 Å². The molecule has 2 aliphatic heterocycles. The minimum Gasteiger partial charge on any atom is -0.375 e. The van der Waals surface area contributed by atoms with Gasteiger partial charge in [-0.1, -0.05) is 6.07 Å². The van der Waals surface area contributed by atoms with Crippen LogP contribution in [0.1, 0.15) is 23.7 Å². The first-order valence-corrected chi connectivity index (χ1v) is 10.8. The highest BCUT2D eigenvalue weighted by molar-refractivity contribution is 5.89. The van der Waals surface area contributed by atoms with Gasteiger partial charge in [0.05, 0.1) is 12.2 Å². The van der Waals surface area contributed by atoms with Crippen molar-refractivity contribution in [2.24, 2.45) is 5.92 Å². The van der Waals surface area contributed by atoms with Crippen LogP contribution in [0.4, 0.5) is 20.6 Å². The van der Waals surface area contributed by atoms with Gasteiger partial charge in [0.1, 0.15) is 11.5 Å². The van der Waals surface area contributed by atoms with E-state index in [0.717, 1.165) is 17.8 Å². The third-order valence-electron chi connectivity index (χ3n) is 6.17. The fourth-order valence-corrected chi connectivity index (χ4v) is 4.67. The number of nitrogens with zero attached hydrogens (tertiary/aromatic N) is 3. The van der Waals surface area contributed by atoms with Crippen molar-refractivity contribution in [3.8, 4) is 0 Å². The molecule has 7 nitrogen and oxygen atoms in total. The molecule has 1 aromatic carbocycles. The van der Waals surface area contributed by atoms with Crippen molar-refractivity contribution in [2.45, 2.75) is 25.4 Å². The van der Waals surface area contributed by atoms with Gasteiger partial charge in [-0.15, -0.1) is 0 Å². The SMILES string of the molecule is O=C(Nc1ccc(F)cc1)N1C[C@@H]2C[C@H](C1)c1ccc(NCc3ccccn3)c(=O)n1C2. The molecular formula is C24H24FN5O2. The fourth-order valence-electron chi connectivity index (χ4n) is 4.67. The number of aromatic nitrogens is 2. The number of likely N-dealkylation sites (tertiary alicyclic amines) is 1. The van der Waals surface area contributed by atoms with Crippen molar-refractivity contribution in [3.63, 3.8) is 0 Å². The van der Waals surface area contributed by atoms with Crippen molar-refractivity contribution in [1.29, 1.82) is 0 Å². The highest BCUT2D eigenvalue weighted by atomic mass is 19.1. The molecule has 8 heteroatoms. The molecule has 32 heavy (non-hydrogen) atoms. The van der Waals surface area contributed by atoms with Gasteiger partial charge in [-0.3, -0.25) is 9.78 Å². The Morgan fingerprint density at radius 2 is 1.91 bits per heavy atom. The number of benzene rings is 1. The number of anilines is 2. The largest absolute Gasteiger partial charge is 0.375 e. The van der Waals surface area contributed by atoms with Gasteiger partial charge >= 0.3 is 6.03 Å². The summed E-state index contributed by atoms with van der Waals surface area (Å²) in [5.74, 6) is -0.0191. The molecule has 0 aliphatic carbocycles. The number of pyridine rings is 2. The first-order chi connectivity index (χ1) is 15.6. The molecule has 4 heterocycles. The van der Waals surface area contributed by atoms with Crippen molar-refractivity contribution in [3.05, 3.63) is 88.4 Å². The lowest BCUT2D eigenvalue weighted by Crippen LogP contribution is -2.50. The molecule has 164 valence electrons. The molecule has 2 atom stereocenters. The van der Waals surface area contributed by atoms with Crippen molar-refractivity contribution >= 4 is 17.4 Å². The van der Waals surface area contributed by atoms with E-state index in [1.807, 2.05) is 34.9 Å². The third kappa shape index (κ3) is 4.08. The first-order valence-electron chi connectivity index (χ1n) is 10.8. The maximum Gasteiger partial charge on any atom is 0.321 e. The summed E-state index contributed by atoms with van der Waals surface area (Å²) >= 11 is 0. The Morgan fingerprint density at radius 1 is 1.06 bits per heavy atom. The van der Waals surface area contributed by atoms with E-state index in [-0.39, 0.29) is 29.2 Å². The second-order valence-electron chi connectivity index (χ2n) is 8.40. The number of urea groups is 1. The zero-order valence-electron chi connectivity index (χ0n) is 17.5. The summed E-state index contributed by atoms with van der Waals surface area (Å²) in [4.78, 5) is 32.0. The molecule has 2 aliphatic rings. The highest BCUT2D eigenvalue weighted by Gasteiger charge is 2.36. The van der Waals surface area contributed by atoms with Gasteiger partial charge in [0, 0.05) is 43.1 Å². The van der Waals surface area contributed by atoms with E-state index < -0.39 is 0 Å². The number of hydrogen-bond donors (Lipinski definition) is 2. The zero-order valence-corrected chi connectivity index (χ0v) is 17.5. The molecule has 1 fully saturated rings. The average molecular weight is 433 g/mol. The molecule has 0 radical (unpaired) electrons. The quantitative estimate of drug-likeness (QED) is 0.658. The van der Waals surface area contributed by atoms with E-state index in [0.29, 0.717) is 37.6 Å². The second-order valence-corrected chi connectivity index (χ2v) is 8.40. The number of carbonyl (C=O) groups is 1. The molecule has 1 saturated heterocycles. The van der Waals surface area contributed by atoms with Crippen molar-refractivity contribution < 1.29 is 9.18 Å². The monoisotopic (exact) mass is 433 g/mol. The highest BCUT2D eigenvalue weighted by Crippen LogP contribution is 2.35. The van der Waals surface area contributed by atoms with Gasteiger partial charge in [-0.2, -0.15) is 0 Å². The van der Waals surface area contributed by atoms with E-state index in [4.69, 9.17) is 0 Å². The number of rotatable bonds is 4. The summed E-state index contributed by atoms with van der Waals surface area (Å²) in [6.45, 7) is 2.20. The molecular weight excluding hydrogens is 409 g/mol. The molecule has 0 saturated carbocycles. The number of hydrogen-bond acceptors (Lipinski definition) is 4. The van der Waals surface area contributed by atoms with Gasteiger partial charge in [0.15, 0.2) is 0 Å². The van der Waals surface area contributed by atoms with Gasteiger partial charge in [-0.25, -0.2) is 9.18 Å². The molecule has 0 unspecified atom stereocenters. The standard InChI is InChI=1S/C24H24FN5O2/c25-18-4-6-19(7-5-18)28-24(32)29-13-16-11-17(15-29)22-9-8-21(23(31)30(22)14-16)27-12-20-3-1-2-10-26-20/h1-10,16-17,27H,11-15H2,(H,28,32)/t16-,17+/m0/s1. The summed E-state index contributed by atoms with van der Waals surface area (Å²) in [6.07, 6.45) is 2.69. The maximum absolute atomic E-state index is 13.1. The van der Waals surface area contributed by atoms with Crippen LogP contribution in [0, 0.1) is 11.7 Å². The Hall–Kier alpha value is -3.68. The van der Waals surface area contributed by atoms with Gasteiger partial charge < -0.3 is 20.1 Å². The van der Waals surface area contributed by atoms with E-state index in [1.165, 1.54) is 12.1 Å². The molecule has 2 bridgehead atoms. The van der Waals surface area contributed by atoms with Crippen LogP contribution in [0.5, 0.6) is 0 Å². The number of amides is 2. The molecule has 3 aromatic rings. The molecule has 5 rings (SSSR count). The Morgan fingerprint density at radius 3 is 2.69 bits per heavy atom. The number of piperidine rings is 1. The Balaban J connectivity index is 1.30. The lowest BCUT2D eigenvalue weighted by Gasteiger charge is -2.42. The van der Waals surface area contributed by atoms with Gasteiger partial charge in [-0.05, 0) is 60.9 Å². The van der Waals surface area contributed by atoms with Crippen LogP contribution in [0.2, 0.25) is 0 Å². The van der Waals surface area contributed by atoms with Crippen LogP contribution in [-0.2, 0) is 13.1 Å². The Labute approximate surface area is 184 Å². The third-order valence-corrected chi connectivity index (χ3v) is 6.17. The number of nitrogens with one attached hydrogen (secondary N) is 2. The van der Waals surface area contributed by atoms with Gasteiger partial charge in [0.2, 0.25) is 0 Å². The zero-order chi connectivity index (χ0) is 22.1.